The van der Waals surface area contributed by atoms with E-state index in [0.717, 1.165) is 22.0 Å². The Hall–Kier alpha value is -1.66. The molecule has 6 heteroatoms. The molecule has 0 aliphatic heterocycles. The van der Waals surface area contributed by atoms with Gasteiger partial charge in [-0.25, -0.2) is 0 Å². The number of Topliss-reactive ketones (excluding diaryl/α,β-unsaturated/α-hetero) is 1. The number of hydrogen-bond acceptors (Lipinski definition) is 5. The molecular weight excluding hydrogens is 330 g/mol. The highest BCUT2D eigenvalue weighted by Gasteiger charge is 2.32. The Bertz CT molecular complexity index is 666. The van der Waals surface area contributed by atoms with Gasteiger partial charge in [0, 0.05) is 12.5 Å². The van der Waals surface area contributed by atoms with Gasteiger partial charge in [0.15, 0.2) is 17.6 Å². The molecule has 0 fully saturated rings. The van der Waals surface area contributed by atoms with Crippen LogP contribution in [0.25, 0.3) is 10.4 Å². The third-order valence-corrected chi connectivity index (χ3v) is 5.96. The van der Waals surface area contributed by atoms with Crippen molar-refractivity contribution in [2.75, 3.05) is 7.11 Å². The van der Waals surface area contributed by atoms with Crippen molar-refractivity contribution in [3.05, 3.63) is 36.4 Å². The summed E-state index contributed by atoms with van der Waals surface area (Å²) in [5.74, 6) is -0.603. The number of aromatic nitrogens is 1. The maximum Gasteiger partial charge on any atom is 0.327 e. The average molecular weight is 350 g/mol. The number of aryl methyl sites for hydroxylation is 1. The normalized spacial score (nSPS) is 12.0. The maximum absolute atomic E-state index is 12.1. The summed E-state index contributed by atoms with van der Waals surface area (Å²) in [4.78, 5) is 25.1. The summed E-state index contributed by atoms with van der Waals surface area (Å²) in [6.07, 6.45) is 0.314. The summed E-state index contributed by atoms with van der Waals surface area (Å²) in [5, 5.41) is 0.106. The van der Waals surface area contributed by atoms with E-state index in [9.17, 15) is 9.59 Å². The second-order valence-corrected chi connectivity index (χ2v) is 7.03. The molecule has 1 heterocycles. The van der Waals surface area contributed by atoms with E-state index < -0.39 is 11.2 Å². The molecule has 2 aromatic rings. The molecule has 0 aliphatic rings. The lowest BCUT2D eigenvalue weighted by Gasteiger charge is -2.09. The molecule has 0 N–H and O–H groups in total. The van der Waals surface area contributed by atoms with Crippen molar-refractivity contribution < 1.29 is 18.3 Å². The van der Waals surface area contributed by atoms with E-state index in [0.29, 0.717) is 6.42 Å². The number of methoxy groups -OCH3 is 1. The zero-order chi connectivity index (χ0) is 16.8. The molecule has 0 aliphatic carbocycles. The lowest BCUT2D eigenvalue weighted by Crippen LogP contribution is -2.33. The van der Waals surface area contributed by atoms with Crippen LogP contribution < -0.4 is 3.96 Å². The average Bonchev–Trinajstić information content (AvgIpc) is 3.02. The molecule has 1 aromatic carbocycles. The van der Waals surface area contributed by atoms with E-state index >= 15 is 0 Å². The Balaban J connectivity index is 2.33. The summed E-state index contributed by atoms with van der Waals surface area (Å²) in [6, 6.07) is 12.1. The number of thioether (sulfide) groups is 1. The van der Waals surface area contributed by atoms with Gasteiger partial charge in [0.1, 0.15) is 16.4 Å². The van der Waals surface area contributed by atoms with Crippen molar-refractivity contribution >= 4 is 35.0 Å². The molecule has 1 unspecified atom stereocenters. The first kappa shape index (κ1) is 17.7. The number of ketones is 1. The van der Waals surface area contributed by atoms with Crippen LogP contribution in [0.3, 0.4) is 0 Å². The van der Waals surface area contributed by atoms with Crippen molar-refractivity contribution in [2.24, 2.45) is 0 Å². The molecule has 0 saturated carbocycles. The van der Waals surface area contributed by atoms with Crippen LogP contribution >= 0.6 is 23.3 Å². The van der Waals surface area contributed by atoms with Gasteiger partial charge in [-0.3, -0.25) is 9.59 Å². The first-order valence-electron chi connectivity index (χ1n) is 7.47. The number of ether oxygens (including phenoxy) is 1. The summed E-state index contributed by atoms with van der Waals surface area (Å²) >= 11 is 2.90. The minimum absolute atomic E-state index is 0.114. The van der Waals surface area contributed by atoms with Gasteiger partial charge in [-0.2, -0.15) is 0 Å². The second-order valence-electron chi connectivity index (χ2n) is 4.84. The van der Waals surface area contributed by atoms with Crippen molar-refractivity contribution in [3.63, 3.8) is 0 Å². The van der Waals surface area contributed by atoms with Gasteiger partial charge < -0.3 is 4.74 Å². The molecule has 4 nitrogen and oxygen atoms in total. The van der Waals surface area contributed by atoms with Crippen LogP contribution in [0.5, 0.6) is 0 Å². The molecule has 0 bridgehead atoms. The third kappa shape index (κ3) is 4.20. The van der Waals surface area contributed by atoms with Gasteiger partial charge in [0.25, 0.3) is 5.03 Å². The summed E-state index contributed by atoms with van der Waals surface area (Å²) in [5.41, 5.74) is 1.13. The highest BCUT2D eigenvalue weighted by atomic mass is 32.2. The van der Waals surface area contributed by atoms with Crippen LogP contribution in [0, 0.1) is 0 Å². The minimum Gasteiger partial charge on any atom is -0.468 e. The fourth-order valence-corrected chi connectivity index (χ4v) is 4.48. The van der Waals surface area contributed by atoms with E-state index in [2.05, 4.69) is 16.1 Å². The Morgan fingerprint density at radius 1 is 1.26 bits per heavy atom. The first-order valence-corrected chi connectivity index (χ1v) is 9.12. The molecule has 122 valence electrons. The number of benzene rings is 1. The van der Waals surface area contributed by atoms with Gasteiger partial charge in [-0.15, -0.1) is 3.96 Å². The highest BCUT2D eigenvalue weighted by molar-refractivity contribution is 8.01. The molecular formula is C17H20NO3S2+. The number of carbonyl (C=O) groups excluding carboxylic acids is 2. The third-order valence-electron chi connectivity index (χ3n) is 3.35. The summed E-state index contributed by atoms with van der Waals surface area (Å²) in [6.45, 7) is 4.59. The molecule has 0 saturated heterocycles. The topological polar surface area (TPSA) is 47.2 Å². The van der Waals surface area contributed by atoms with E-state index in [-0.39, 0.29) is 5.78 Å². The van der Waals surface area contributed by atoms with Crippen LogP contribution in [0.15, 0.2) is 41.4 Å². The van der Waals surface area contributed by atoms with Crippen LogP contribution in [-0.2, 0) is 20.9 Å². The zero-order valence-electron chi connectivity index (χ0n) is 13.4. The number of nitrogens with zero attached hydrogens (tertiary/aromatic N) is 1. The summed E-state index contributed by atoms with van der Waals surface area (Å²) < 4.78 is 6.88. The smallest absolute Gasteiger partial charge is 0.327 e. The van der Waals surface area contributed by atoms with Crippen molar-refractivity contribution in [3.8, 4) is 10.4 Å². The lowest BCUT2D eigenvalue weighted by molar-refractivity contribution is -0.662. The monoisotopic (exact) mass is 350 g/mol. The van der Waals surface area contributed by atoms with E-state index in [1.54, 1.807) is 18.5 Å². The van der Waals surface area contributed by atoms with E-state index in [4.69, 9.17) is 4.74 Å². The maximum atomic E-state index is 12.1. The Morgan fingerprint density at radius 2 is 1.96 bits per heavy atom. The predicted octanol–water partition coefficient (Wildman–Crippen LogP) is 3.34. The number of esters is 1. The highest BCUT2D eigenvalue weighted by Crippen LogP contribution is 2.31. The molecule has 0 amide bonds. The lowest BCUT2D eigenvalue weighted by atomic mass is 10.2. The van der Waals surface area contributed by atoms with Gasteiger partial charge in [-0.05, 0) is 24.2 Å². The number of carbonyl (C=O) groups is 2. The molecule has 0 spiro atoms. The molecule has 2 rings (SSSR count). The largest absolute Gasteiger partial charge is 0.468 e. The van der Waals surface area contributed by atoms with E-state index in [1.807, 2.05) is 31.2 Å². The molecule has 1 aromatic heterocycles. The van der Waals surface area contributed by atoms with Crippen molar-refractivity contribution in [1.82, 2.24) is 0 Å². The van der Waals surface area contributed by atoms with Crippen LogP contribution in [-0.4, -0.2) is 24.1 Å². The molecule has 23 heavy (non-hydrogen) atoms. The first-order chi connectivity index (χ1) is 11.1. The Morgan fingerprint density at radius 3 is 2.52 bits per heavy atom. The van der Waals surface area contributed by atoms with Gasteiger partial charge >= 0.3 is 5.97 Å². The molecule has 1 atom stereocenters. The van der Waals surface area contributed by atoms with Crippen molar-refractivity contribution in [1.29, 1.82) is 0 Å². The number of rotatable bonds is 7. The minimum atomic E-state index is -0.805. The quantitative estimate of drug-likeness (QED) is 0.333. The van der Waals surface area contributed by atoms with Crippen LogP contribution in [0.1, 0.15) is 20.3 Å². The standard InChI is InChI=1S/C17H20NO3S2/c1-4-13(19)16(17(20)21-3)22-15-11-14(23-18(15)5-2)12-9-7-6-8-10-12/h6-11,16H,4-5H2,1-3H3/q+1. The molecule has 0 radical (unpaired) electrons. The second kappa shape index (κ2) is 8.26. The van der Waals surface area contributed by atoms with Gasteiger partial charge in [0.2, 0.25) is 0 Å². The van der Waals surface area contributed by atoms with Gasteiger partial charge in [0.05, 0.1) is 7.11 Å². The van der Waals surface area contributed by atoms with Crippen LogP contribution in [0.4, 0.5) is 0 Å². The van der Waals surface area contributed by atoms with Crippen LogP contribution in [0.2, 0.25) is 0 Å². The Labute approximate surface area is 144 Å². The number of hydrogen-bond donors (Lipinski definition) is 0. The Kier molecular flexibility index (Phi) is 6.36. The van der Waals surface area contributed by atoms with Crippen molar-refractivity contribution in [2.45, 2.75) is 37.1 Å². The predicted molar refractivity (Wildman–Crippen MR) is 92.6 cm³/mol. The summed E-state index contributed by atoms with van der Waals surface area (Å²) in [7, 11) is 1.32. The fraction of sp³-hybridized carbons (Fsp3) is 0.353. The zero-order valence-corrected chi connectivity index (χ0v) is 15.1. The SMILES string of the molecule is CCC(=O)C(Sc1cc(-c2ccccc2)s[n+]1CC)C(=O)OC. The van der Waals surface area contributed by atoms with Gasteiger partial charge in [-0.1, -0.05) is 37.3 Å². The fourth-order valence-electron chi connectivity index (χ4n) is 2.08. The van der Waals surface area contributed by atoms with E-state index in [1.165, 1.54) is 18.9 Å².